The van der Waals surface area contributed by atoms with Crippen molar-refractivity contribution in [2.75, 3.05) is 6.61 Å². The number of aliphatic hydroxyl groups excluding tert-OH is 2. The van der Waals surface area contributed by atoms with Crippen LogP contribution in [-0.4, -0.2) is 16.8 Å². The van der Waals surface area contributed by atoms with Crippen molar-refractivity contribution >= 4 is 64.6 Å². The van der Waals surface area contributed by atoms with Crippen molar-refractivity contribution in [3.8, 4) is 22.3 Å². The summed E-state index contributed by atoms with van der Waals surface area (Å²) in [6.07, 6.45) is 4.67. The van der Waals surface area contributed by atoms with Crippen LogP contribution in [0.5, 0.6) is 0 Å². The van der Waals surface area contributed by atoms with Gasteiger partial charge < -0.3 is 10.2 Å². The Morgan fingerprint density at radius 1 is 0.421 bits per heavy atom. The predicted octanol–water partition coefficient (Wildman–Crippen LogP) is 14.5. The molecule has 1 radical (unpaired) electrons. The van der Waals surface area contributed by atoms with E-state index in [9.17, 15) is 0 Å². The molecule has 0 spiro atoms. The van der Waals surface area contributed by atoms with Crippen molar-refractivity contribution in [3.63, 3.8) is 0 Å². The molecule has 0 heterocycles. The van der Waals surface area contributed by atoms with Gasteiger partial charge in [0.25, 0.3) is 0 Å². The minimum atomic E-state index is -0.250. The third kappa shape index (κ3) is 8.44. The van der Waals surface area contributed by atoms with E-state index in [1.165, 1.54) is 111 Å². The molecule has 57 heavy (non-hydrogen) atoms. The Bertz CT molecular complexity index is 2730. The van der Waals surface area contributed by atoms with E-state index in [2.05, 4.69) is 184 Å². The van der Waals surface area contributed by atoms with Crippen molar-refractivity contribution in [3.05, 3.63) is 188 Å². The molecular formula is C54H47O2Zr. The van der Waals surface area contributed by atoms with Crippen LogP contribution in [-0.2, 0) is 39.0 Å². The van der Waals surface area contributed by atoms with Crippen LogP contribution in [0.1, 0.15) is 37.8 Å². The van der Waals surface area contributed by atoms with Crippen LogP contribution in [0.2, 0.25) is 0 Å². The average molecular weight is 819 g/mol. The molecule has 3 heteroatoms. The van der Waals surface area contributed by atoms with Gasteiger partial charge in [0.15, 0.2) is 0 Å². The summed E-state index contributed by atoms with van der Waals surface area (Å²) < 4.78 is 0. The Kier molecular flexibility index (Phi) is 12.9. The van der Waals surface area contributed by atoms with E-state index in [0.717, 1.165) is 12.8 Å². The van der Waals surface area contributed by atoms with E-state index < -0.39 is 0 Å². The quantitative estimate of drug-likeness (QED) is 0.124. The molecule has 0 atom stereocenters. The van der Waals surface area contributed by atoms with E-state index in [1.807, 2.05) is 0 Å². The number of benzene rings is 8. The Balaban J connectivity index is 0.000000157. The third-order valence-electron chi connectivity index (χ3n) is 10.9. The van der Waals surface area contributed by atoms with Gasteiger partial charge in [-0.15, -0.1) is 69.1 Å². The van der Waals surface area contributed by atoms with E-state index in [0.29, 0.717) is 6.61 Å². The second-order valence-corrected chi connectivity index (χ2v) is 14.7. The zero-order chi connectivity index (χ0) is 38.4. The molecule has 0 bridgehead atoms. The summed E-state index contributed by atoms with van der Waals surface area (Å²) >= 11 is 0. The minimum Gasteiger partial charge on any atom is -0.564 e. The molecule has 0 aliphatic carbocycles. The predicted molar refractivity (Wildman–Crippen MR) is 241 cm³/mol. The van der Waals surface area contributed by atoms with Crippen LogP contribution in [0, 0.1) is 6.61 Å². The van der Waals surface area contributed by atoms with Crippen molar-refractivity contribution in [1.82, 2.24) is 0 Å². The van der Waals surface area contributed by atoms with Gasteiger partial charge in [-0.2, -0.15) is 18.7 Å². The summed E-state index contributed by atoms with van der Waals surface area (Å²) in [5, 5.41) is 31.0. The molecule has 0 saturated heterocycles. The number of hydrogen-bond acceptors (Lipinski definition) is 2. The molecule has 0 fully saturated rings. The van der Waals surface area contributed by atoms with Gasteiger partial charge in [-0.05, 0) is 91.3 Å². The maximum absolute atomic E-state index is 7.57. The summed E-state index contributed by atoms with van der Waals surface area (Å²) in [6.45, 7) is 4.92. The number of fused-ring (bicyclic) bond motifs is 6. The van der Waals surface area contributed by atoms with Gasteiger partial charge in [0.05, 0.1) is 0 Å². The molecule has 0 amide bonds. The van der Waals surface area contributed by atoms with Crippen molar-refractivity contribution in [2.45, 2.75) is 39.5 Å². The first kappa shape index (κ1) is 40.0. The van der Waals surface area contributed by atoms with Crippen molar-refractivity contribution in [2.24, 2.45) is 0 Å². The Morgan fingerprint density at radius 2 is 0.754 bits per heavy atom. The van der Waals surface area contributed by atoms with Gasteiger partial charge in [-0.3, -0.25) is 0 Å². The number of rotatable bonds is 7. The summed E-state index contributed by atoms with van der Waals surface area (Å²) in [5.41, 5.74) is 8.22. The third-order valence-corrected chi connectivity index (χ3v) is 10.9. The monoisotopic (exact) mass is 817 g/mol. The SMILES string of the molecule is CCCc1cc2c(-c3cccc4cc5ccccc5cc34)cccc2[cH-]1.CCCc1cc2c(-c3cccc4cc5ccccc5cc34)cccc2[cH-]1.O[CH-]CO.[Zr+3]. The van der Waals surface area contributed by atoms with Gasteiger partial charge in [-0.1, -0.05) is 141 Å². The fourth-order valence-corrected chi connectivity index (χ4v) is 8.33. The first-order valence-corrected chi connectivity index (χ1v) is 19.9. The molecule has 279 valence electrons. The Labute approximate surface area is 354 Å². The molecule has 10 aromatic carbocycles. The Morgan fingerprint density at radius 3 is 1.12 bits per heavy atom. The van der Waals surface area contributed by atoms with Gasteiger partial charge in [-0.25, -0.2) is 0 Å². The molecule has 0 aliphatic rings. The summed E-state index contributed by atoms with van der Waals surface area (Å²) in [5.74, 6) is 0. The maximum Gasteiger partial charge on any atom is 3.00 e. The molecule has 10 aromatic rings. The smallest absolute Gasteiger partial charge is 0.564 e. The van der Waals surface area contributed by atoms with E-state index in [-0.39, 0.29) is 32.8 Å². The van der Waals surface area contributed by atoms with Gasteiger partial charge in [0.1, 0.15) is 0 Å². The van der Waals surface area contributed by atoms with Crippen LogP contribution in [0.3, 0.4) is 0 Å². The van der Waals surface area contributed by atoms with Gasteiger partial charge >= 0.3 is 26.2 Å². The molecule has 2 nitrogen and oxygen atoms in total. The zero-order valence-electron chi connectivity index (χ0n) is 32.7. The summed E-state index contributed by atoms with van der Waals surface area (Å²) in [7, 11) is 0. The van der Waals surface area contributed by atoms with Crippen LogP contribution in [0.4, 0.5) is 0 Å². The van der Waals surface area contributed by atoms with Crippen LogP contribution in [0.25, 0.3) is 86.9 Å². The first-order valence-electron chi connectivity index (χ1n) is 19.9. The normalized spacial score (nSPS) is 11.1. The van der Waals surface area contributed by atoms with E-state index in [4.69, 9.17) is 10.2 Å². The largest absolute Gasteiger partial charge is 3.00 e. The summed E-state index contributed by atoms with van der Waals surface area (Å²) in [6, 6.07) is 62.7. The fourth-order valence-electron chi connectivity index (χ4n) is 8.33. The molecule has 0 aliphatic heterocycles. The number of aryl methyl sites for hydroxylation is 2. The van der Waals surface area contributed by atoms with E-state index >= 15 is 0 Å². The second kappa shape index (κ2) is 18.4. The standard InChI is InChI=1S/2C26H21.C2H5O2.Zr/c2*1-2-7-18-14-21-10-5-12-23(25(21)15-18)24-13-6-11-22-16-19-8-3-4-9-20(19)17-26(22)24;3-1-2-4;/h2*3-6,8-17H,2,7H2,1H3;1,3-4H,2H2;/q3*-1;+3. The summed E-state index contributed by atoms with van der Waals surface area (Å²) in [4.78, 5) is 0. The molecule has 0 aromatic heterocycles. The van der Waals surface area contributed by atoms with Crippen LogP contribution >= 0.6 is 0 Å². The molecule has 2 N–H and O–H groups in total. The van der Waals surface area contributed by atoms with Crippen molar-refractivity contribution in [1.29, 1.82) is 0 Å². The number of aliphatic hydroxyl groups is 2. The fraction of sp³-hybridized carbons (Fsp3) is 0.130. The Hall–Kier alpha value is -5.18. The number of hydrogen-bond donors (Lipinski definition) is 2. The minimum absolute atomic E-state index is 0. The molecule has 10 rings (SSSR count). The average Bonchev–Trinajstić information content (AvgIpc) is 3.86. The molecule has 0 saturated carbocycles. The maximum atomic E-state index is 7.57. The van der Waals surface area contributed by atoms with E-state index in [1.54, 1.807) is 0 Å². The zero-order valence-corrected chi connectivity index (χ0v) is 35.1. The topological polar surface area (TPSA) is 40.5 Å². The first-order chi connectivity index (χ1) is 27.6. The second-order valence-electron chi connectivity index (χ2n) is 14.7. The van der Waals surface area contributed by atoms with Crippen molar-refractivity contribution < 1.29 is 36.4 Å². The molecular weight excluding hydrogens is 772 g/mol. The van der Waals surface area contributed by atoms with Gasteiger partial charge in [0.2, 0.25) is 0 Å². The molecule has 0 unspecified atom stereocenters. The van der Waals surface area contributed by atoms with Crippen LogP contribution in [0.15, 0.2) is 170 Å². The van der Waals surface area contributed by atoms with Gasteiger partial charge in [0, 0.05) is 0 Å². The van der Waals surface area contributed by atoms with Crippen LogP contribution < -0.4 is 0 Å².